The second-order valence-electron chi connectivity index (χ2n) is 7.84. The molecule has 0 spiro atoms. The van der Waals surface area contributed by atoms with Gasteiger partial charge in [-0.15, -0.1) is 11.3 Å². The van der Waals surface area contributed by atoms with Gasteiger partial charge in [-0.05, 0) is 48.6 Å². The van der Waals surface area contributed by atoms with Gasteiger partial charge in [-0.1, -0.05) is 19.1 Å². The molecule has 1 fully saturated rings. The van der Waals surface area contributed by atoms with E-state index in [1.807, 2.05) is 41.3 Å². The lowest BCUT2D eigenvalue weighted by atomic mass is 9.95. The van der Waals surface area contributed by atoms with Crippen molar-refractivity contribution < 1.29 is 9.53 Å². The van der Waals surface area contributed by atoms with E-state index in [9.17, 15) is 4.79 Å². The fourth-order valence-electron chi connectivity index (χ4n) is 4.06. The topological polar surface area (TPSA) is 55.3 Å². The first kappa shape index (κ1) is 20.5. The predicted molar refractivity (Wildman–Crippen MR) is 120 cm³/mol. The van der Waals surface area contributed by atoms with Crippen LogP contribution in [0.3, 0.4) is 0 Å². The average Bonchev–Trinajstić information content (AvgIpc) is 3.30. The molecule has 5 nitrogen and oxygen atoms in total. The van der Waals surface area contributed by atoms with Crippen LogP contribution < -0.4 is 4.74 Å². The maximum atomic E-state index is 12.9. The maximum Gasteiger partial charge on any atom is 0.223 e. The lowest BCUT2D eigenvalue weighted by Crippen LogP contribution is -2.39. The van der Waals surface area contributed by atoms with Crippen molar-refractivity contribution in [3.05, 3.63) is 64.7 Å². The lowest BCUT2D eigenvalue weighted by molar-refractivity contribution is -0.132. The van der Waals surface area contributed by atoms with Gasteiger partial charge in [0, 0.05) is 48.8 Å². The SMILES string of the molecule is COc1ccccc1-c1csc([C@H]2CCCN(C(=O)C[C@@H](C)c3ccncc3)C2)n1. The molecule has 0 saturated carbocycles. The Morgan fingerprint density at radius 2 is 2.07 bits per heavy atom. The van der Waals surface area contributed by atoms with Crippen LogP contribution in [0, 0.1) is 0 Å². The van der Waals surface area contributed by atoms with E-state index in [4.69, 9.17) is 9.72 Å². The summed E-state index contributed by atoms with van der Waals surface area (Å²) in [5.74, 6) is 1.55. The van der Waals surface area contributed by atoms with Gasteiger partial charge in [-0.25, -0.2) is 4.98 Å². The van der Waals surface area contributed by atoms with Gasteiger partial charge >= 0.3 is 0 Å². The van der Waals surface area contributed by atoms with Crippen molar-refractivity contribution in [1.29, 1.82) is 0 Å². The summed E-state index contributed by atoms with van der Waals surface area (Å²) in [6.07, 6.45) is 6.19. The molecule has 30 heavy (non-hydrogen) atoms. The van der Waals surface area contributed by atoms with E-state index in [1.165, 1.54) is 0 Å². The highest BCUT2D eigenvalue weighted by molar-refractivity contribution is 7.10. The third kappa shape index (κ3) is 4.54. The van der Waals surface area contributed by atoms with Crippen molar-refractivity contribution in [2.75, 3.05) is 20.2 Å². The number of benzene rings is 1. The molecule has 0 radical (unpaired) electrons. The van der Waals surface area contributed by atoms with Gasteiger partial charge in [0.15, 0.2) is 0 Å². The zero-order valence-corrected chi connectivity index (χ0v) is 18.3. The van der Waals surface area contributed by atoms with Crippen LogP contribution in [0.2, 0.25) is 0 Å². The Kier molecular flexibility index (Phi) is 6.43. The molecule has 0 aliphatic carbocycles. The number of carbonyl (C=O) groups excluding carboxylic acids is 1. The van der Waals surface area contributed by atoms with E-state index in [2.05, 4.69) is 17.3 Å². The molecule has 3 heterocycles. The minimum atomic E-state index is 0.192. The van der Waals surface area contributed by atoms with Gasteiger partial charge in [-0.3, -0.25) is 9.78 Å². The van der Waals surface area contributed by atoms with Crippen LogP contribution in [0.4, 0.5) is 0 Å². The molecular formula is C24H27N3O2S. The molecule has 6 heteroatoms. The molecule has 1 saturated heterocycles. The van der Waals surface area contributed by atoms with E-state index in [1.54, 1.807) is 30.8 Å². The molecule has 156 valence electrons. The monoisotopic (exact) mass is 421 g/mol. The standard InChI is InChI=1S/C24H27N3O2S/c1-17(18-9-11-25-12-10-18)14-23(28)27-13-5-6-19(15-27)24-26-21(16-30-24)20-7-3-4-8-22(20)29-2/h3-4,7-12,16-17,19H,5-6,13-15H2,1-2H3/t17-,19+/m1/s1. The highest BCUT2D eigenvalue weighted by Crippen LogP contribution is 2.35. The van der Waals surface area contributed by atoms with E-state index >= 15 is 0 Å². The first-order valence-electron chi connectivity index (χ1n) is 10.4. The number of para-hydroxylation sites is 1. The number of likely N-dealkylation sites (tertiary alicyclic amines) is 1. The van der Waals surface area contributed by atoms with Crippen LogP contribution in [0.25, 0.3) is 11.3 Å². The normalized spacial score (nSPS) is 17.5. The number of piperidine rings is 1. The smallest absolute Gasteiger partial charge is 0.223 e. The van der Waals surface area contributed by atoms with Crippen molar-refractivity contribution in [3.8, 4) is 17.0 Å². The number of amides is 1. The molecule has 0 unspecified atom stereocenters. The molecule has 1 aliphatic heterocycles. The zero-order chi connectivity index (χ0) is 20.9. The van der Waals surface area contributed by atoms with Gasteiger partial charge in [-0.2, -0.15) is 0 Å². The lowest BCUT2D eigenvalue weighted by Gasteiger charge is -2.32. The summed E-state index contributed by atoms with van der Waals surface area (Å²) >= 11 is 1.68. The number of aromatic nitrogens is 2. The third-order valence-corrected chi connectivity index (χ3v) is 6.79. The van der Waals surface area contributed by atoms with Crippen LogP contribution in [0.15, 0.2) is 54.2 Å². The minimum absolute atomic E-state index is 0.192. The third-order valence-electron chi connectivity index (χ3n) is 5.78. The summed E-state index contributed by atoms with van der Waals surface area (Å²) in [5.41, 5.74) is 3.12. The second kappa shape index (κ2) is 9.39. The highest BCUT2D eigenvalue weighted by atomic mass is 32.1. The number of hydrogen-bond donors (Lipinski definition) is 0. The number of rotatable bonds is 6. The average molecular weight is 422 g/mol. The van der Waals surface area contributed by atoms with Gasteiger partial charge in [0.25, 0.3) is 0 Å². The summed E-state index contributed by atoms with van der Waals surface area (Å²) in [5, 5.41) is 3.20. The van der Waals surface area contributed by atoms with Crippen LogP contribution in [0.5, 0.6) is 5.75 Å². The Labute approximate surface area is 181 Å². The van der Waals surface area contributed by atoms with Crippen molar-refractivity contribution in [1.82, 2.24) is 14.9 Å². The molecular weight excluding hydrogens is 394 g/mol. The van der Waals surface area contributed by atoms with Crippen LogP contribution in [-0.2, 0) is 4.79 Å². The Morgan fingerprint density at radius 1 is 1.27 bits per heavy atom. The highest BCUT2D eigenvalue weighted by Gasteiger charge is 2.28. The quantitative estimate of drug-likeness (QED) is 0.555. The number of nitrogens with zero attached hydrogens (tertiary/aromatic N) is 3. The van der Waals surface area contributed by atoms with Gasteiger partial charge < -0.3 is 9.64 Å². The van der Waals surface area contributed by atoms with Crippen molar-refractivity contribution in [3.63, 3.8) is 0 Å². The molecule has 1 amide bonds. The maximum absolute atomic E-state index is 12.9. The number of pyridine rings is 1. The summed E-state index contributed by atoms with van der Waals surface area (Å²) in [4.78, 5) is 23.9. The Morgan fingerprint density at radius 3 is 2.87 bits per heavy atom. The first-order valence-corrected chi connectivity index (χ1v) is 11.3. The second-order valence-corrected chi connectivity index (χ2v) is 8.73. The van der Waals surface area contributed by atoms with Gasteiger partial charge in [0.05, 0.1) is 17.8 Å². The van der Waals surface area contributed by atoms with Crippen LogP contribution in [-0.4, -0.2) is 41.0 Å². The van der Waals surface area contributed by atoms with Crippen molar-refractivity contribution in [2.24, 2.45) is 0 Å². The largest absolute Gasteiger partial charge is 0.496 e. The fourth-order valence-corrected chi connectivity index (χ4v) is 5.01. The minimum Gasteiger partial charge on any atom is -0.496 e. The number of ether oxygens (including phenoxy) is 1. The van der Waals surface area contributed by atoms with E-state index in [-0.39, 0.29) is 11.8 Å². The number of hydrogen-bond acceptors (Lipinski definition) is 5. The Hall–Kier alpha value is -2.73. The molecule has 3 aromatic rings. The Bertz CT molecular complexity index is 989. The predicted octanol–water partition coefficient (Wildman–Crippen LogP) is 5.11. The molecule has 0 bridgehead atoms. The fraction of sp³-hybridized carbons (Fsp3) is 0.375. The van der Waals surface area contributed by atoms with Crippen molar-refractivity contribution >= 4 is 17.2 Å². The molecule has 0 N–H and O–H groups in total. The number of methoxy groups -OCH3 is 1. The molecule has 1 aliphatic rings. The van der Waals surface area contributed by atoms with E-state index in [0.717, 1.165) is 53.5 Å². The van der Waals surface area contributed by atoms with Gasteiger partial charge in [0.1, 0.15) is 5.75 Å². The molecule has 4 rings (SSSR count). The summed E-state index contributed by atoms with van der Waals surface area (Å²) in [7, 11) is 1.68. The summed E-state index contributed by atoms with van der Waals surface area (Å²) in [6.45, 7) is 3.69. The van der Waals surface area contributed by atoms with Crippen molar-refractivity contribution in [2.45, 2.75) is 38.0 Å². The van der Waals surface area contributed by atoms with Crippen LogP contribution in [0.1, 0.15) is 48.6 Å². The summed E-state index contributed by atoms with van der Waals surface area (Å²) < 4.78 is 5.48. The van der Waals surface area contributed by atoms with E-state index < -0.39 is 0 Å². The van der Waals surface area contributed by atoms with Gasteiger partial charge in [0.2, 0.25) is 5.91 Å². The molecule has 1 aromatic carbocycles. The summed E-state index contributed by atoms with van der Waals surface area (Å²) in [6, 6.07) is 11.9. The Balaban J connectivity index is 1.43. The van der Waals surface area contributed by atoms with E-state index in [0.29, 0.717) is 12.3 Å². The first-order chi connectivity index (χ1) is 14.7. The number of carbonyl (C=O) groups is 1. The number of thiazole rings is 1. The van der Waals surface area contributed by atoms with Crippen LogP contribution >= 0.6 is 11.3 Å². The molecule has 2 aromatic heterocycles. The molecule has 2 atom stereocenters. The zero-order valence-electron chi connectivity index (χ0n) is 17.5.